The number of rotatable bonds is 8. The Morgan fingerprint density at radius 3 is 2.62 bits per heavy atom. The lowest BCUT2D eigenvalue weighted by molar-refractivity contribution is 0.0696. The van der Waals surface area contributed by atoms with Crippen molar-refractivity contribution in [2.24, 2.45) is 0 Å². The fourth-order valence-corrected chi connectivity index (χ4v) is 3.36. The molecular weight excluding hydrogens is 296 g/mol. The smallest absolute Gasteiger partial charge is 0.335 e. The second kappa shape index (κ2) is 7.53. The van der Waals surface area contributed by atoms with Crippen LogP contribution in [0.3, 0.4) is 0 Å². The SMILES string of the molecule is COCCCC(O)CS(=O)(=O)c1ccc(C)c(C(=O)O)c1. The van der Waals surface area contributed by atoms with Gasteiger partial charge in [-0.2, -0.15) is 0 Å². The number of ether oxygens (including phenoxy) is 1. The maximum atomic E-state index is 12.2. The van der Waals surface area contributed by atoms with Crippen LogP contribution in [0.5, 0.6) is 0 Å². The molecule has 7 heteroatoms. The number of aromatic carboxylic acids is 1. The minimum Gasteiger partial charge on any atom is -0.478 e. The van der Waals surface area contributed by atoms with E-state index in [1.54, 1.807) is 6.92 Å². The van der Waals surface area contributed by atoms with Crippen LogP contribution in [0.15, 0.2) is 23.1 Å². The summed E-state index contributed by atoms with van der Waals surface area (Å²) in [5.41, 5.74) is 0.437. The van der Waals surface area contributed by atoms with Gasteiger partial charge in [0.05, 0.1) is 22.3 Å². The lowest BCUT2D eigenvalue weighted by Crippen LogP contribution is -2.21. The molecule has 1 atom stereocenters. The van der Waals surface area contributed by atoms with E-state index in [9.17, 15) is 18.3 Å². The normalized spacial score (nSPS) is 13.1. The highest BCUT2D eigenvalue weighted by atomic mass is 32.2. The molecule has 0 aromatic heterocycles. The van der Waals surface area contributed by atoms with E-state index in [-0.39, 0.29) is 10.5 Å². The molecule has 0 aliphatic carbocycles. The second-order valence-corrected chi connectivity index (χ2v) is 6.89. The molecule has 0 saturated heterocycles. The summed E-state index contributed by atoms with van der Waals surface area (Å²) in [4.78, 5) is 11.0. The zero-order valence-corrected chi connectivity index (χ0v) is 12.9. The van der Waals surface area contributed by atoms with Crippen LogP contribution in [0.1, 0.15) is 28.8 Å². The van der Waals surface area contributed by atoms with E-state index in [1.807, 2.05) is 0 Å². The van der Waals surface area contributed by atoms with Crippen molar-refractivity contribution in [2.45, 2.75) is 30.8 Å². The van der Waals surface area contributed by atoms with Gasteiger partial charge >= 0.3 is 5.97 Å². The van der Waals surface area contributed by atoms with Crippen molar-refractivity contribution in [1.29, 1.82) is 0 Å². The Morgan fingerprint density at radius 2 is 2.05 bits per heavy atom. The van der Waals surface area contributed by atoms with Gasteiger partial charge in [-0.1, -0.05) is 6.07 Å². The number of aliphatic hydroxyl groups excluding tert-OH is 1. The molecule has 0 radical (unpaired) electrons. The summed E-state index contributed by atoms with van der Waals surface area (Å²) in [5.74, 6) is -1.61. The zero-order chi connectivity index (χ0) is 16.0. The Kier molecular flexibility index (Phi) is 6.32. The molecule has 0 aliphatic rings. The highest BCUT2D eigenvalue weighted by Gasteiger charge is 2.21. The molecule has 0 heterocycles. The molecule has 1 rings (SSSR count). The van der Waals surface area contributed by atoms with E-state index in [4.69, 9.17) is 9.84 Å². The summed E-state index contributed by atoms with van der Waals surface area (Å²) in [6.07, 6.45) is -0.133. The number of aryl methyl sites for hydroxylation is 1. The predicted octanol–water partition coefficient (Wildman–Crippen LogP) is 1.25. The number of carboxylic acids is 1. The van der Waals surface area contributed by atoms with E-state index in [0.29, 0.717) is 25.0 Å². The van der Waals surface area contributed by atoms with E-state index in [1.165, 1.54) is 19.2 Å². The third kappa shape index (κ3) is 5.11. The number of hydrogen-bond acceptors (Lipinski definition) is 5. The number of carboxylic acid groups (broad SMARTS) is 1. The lowest BCUT2D eigenvalue weighted by Gasteiger charge is -2.12. The van der Waals surface area contributed by atoms with E-state index < -0.39 is 27.7 Å². The first-order chi connectivity index (χ1) is 9.77. The van der Waals surface area contributed by atoms with E-state index >= 15 is 0 Å². The Balaban J connectivity index is 2.88. The fraction of sp³-hybridized carbons (Fsp3) is 0.500. The molecule has 0 spiro atoms. The van der Waals surface area contributed by atoms with Gasteiger partial charge in [0, 0.05) is 13.7 Å². The molecule has 1 aromatic rings. The predicted molar refractivity (Wildman–Crippen MR) is 77.3 cm³/mol. The third-order valence-electron chi connectivity index (χ3n) is 3.10. The van der Waals surface area contributed by atoms with E-state index in [0.717, 1.165) is 6.07 Å². The molecule has 118 valence electrons. The van der Waals surface area contributed by atoms with Gasteiger partial charge in [0.1, 0.15) is 0 Å². The first-order valence-corrected chi connectivity index (χ1v) is 8.17. The van der Waals surface area contributed by atoms with E-state index in [2.05, 4.69) is 0 Å². The molecule has 6 nitrogen and oxygen atoms in total. The van der Waals surface area contributed by atoms with Gasteiger partial charge in [0.15, 0.2) is 9.84 Å². The maximum Gasteiger partial charge on any atom is 0.335 e. The Hall–Kier alpha value is -1.44. The molecule has 1 unspecified atom stereocenters. The highest BCUT2D eigenvalue weighted by Crippen LogP contribution is 2.18. The average Bonchev–Trinajstić information content (AvgIpc) is 2.38. The Morgan fingerprint density at radius 1 is 1.38 bits per heavy atom. The van der Waals surface area contributed by atoms with Crippen molar-refractivity contribution in [3.8, 4) is 0 Å². The molecule has 0 aliphatic heterocycles. The van der Waals surface area contributed by atoms with Crippen LogP contribution in [0.2, 0.25) is 0 Å². The summed E-state index contributed by atoms with van der Waals surface area (Å²) in [6, 6.07) is 3.95. The summed E-state index contributed by atoms with van der Waals surface area (Å²) in [7, 11) is -2.19. The average molecular weight is 316 g/mol. The van der Waals surface area contributed by atoms with Crippen molar-refractivity contribution in [2.75, 3.05) is 19.5 Å². The quantitative estimate of drug-likeness (QED) is 0.700. The largest absolute Gasteiger partial charge is 0.478 e. The number of hydrogen-bond donors (Lipinski definition) is 2. The van der Waals surface area contributed by atoms with Crippen molar-refractivity contribution >= 4 is 15.8 Å². The van der Waals surface area contributed by atoms with Gasteiger partial charge in [-0.3, -0.25) is 0 Å². The molecule has 0 amide bonds. The summed E-state index contributed by atoms with van der Waals surface area (Å²) in [5, 5.41) is 18.8. The van der Waals surface area contributed by atoms with Crippen molar-refractivity contribution in [3.05, 3.63) is 29.3 Å². The van der Waals surface area contributed by atoms with Crippen molar-refractivity contribution in [3.63, 3.8) is 0 Å². The van der Waals surface area contributed by atoms with Crippen molar-refractivity contribution < 1.29 is 28.2 Å². The van der Waals surface area contributed by atoms with Crippen molar-refractivity contribution in [1.82, 2.24) is 0 Å². The molecular formula is C14H20O6S. The zero-order valence-electron chi connectivity index (χ0n) is 12.1. The van der Waals surface area contributed by atoms with Gasteiger partial charge in [-0.15, -0.1) is 0 Å². The van der Waals surface area contributed by atoms with Gasteiger partial charge in [0.2, 0.25) is 0 Å². The number of aliphatic hydroxyl groups is 1. The van der Waals surface area contributed by atoms with Gasteiger partial charge in [-0.05, 0) is 37.5 Å². The van der Waals surface area contributed by atoms with Gasteiger partial charge in [0.25, 0.3) is 0 Å². The Bertz CT molecular complexity index is 593. The van der Waals surface area contributed by atoms with Gasteiger partial charge < -0.3 is 14.9 Å². The maximum absolute atomic E-state index is 12.2. The monoisotopic (exact) mass is 316 g/mol. The molecule has 0 bridgehead atoms. The summed E-state index contributed by atoms with van der Waals surface area (Å²) >= 11 is 0. The molecule has 21 heavy (non-hydrogen) atoms. The van der Waals surface area contributed by atoms with Crippen LogP contribution in [0, 0.1) is 6.92 Å². The molecule has 0 fully saturated rings. The minimum atomic E-state index is -3.72. The standard InChI is InChI=1S/C14H20O6S/c1-10-5-6-12(8-13(10)14(16)17)21(18,19)9-11(15)4-3-7-20-2/h5-6,8,11,15H,3-4,7,9H2,1-2H3,(H,16,17). The topological polar surface area (TPSA) is 101 Å². The van der Waals surface area contributed by atoms with Crippen LogP contribution in [-0.4, -0.2) is 50.2 Å². The van der Waals surface area contributed by atoms with Crippen LogP contribution in [0.4, 0.5) is 0 Å². The number of carbonyl (C=O) groups is 1. The van der Waals surface area contributed by atoms with Crippen LogP contribution in [-0.2, 0) is 14.6 Å². The molecule has 2 N–H and O–H groups in total. The third-order valence-corrected chi connectivity index (χ3v) is 4.89. The summed E-state index contributed by atoms with van der Waals surface area (Å²) in [6.45, 7) is 2.05. The fourth-order valence-electron chi connectivity index (χ4n) is 1.92. The number of sulfone groups is 1. The number of benzene rings is 1. The first kappa shape index (κ1) is 17.6. The first-order valence-electron chi connectivity index (χ1n) is 6.51. The van der Waals surface area contributed by atoms with Crippen LogP contribution >= 0.6 is 0 Å². The molecule has 0 saturated carbocycles. The van der Waals surface area contributed by atoms with Crippen LogP contribution < -0.4 is 0 Å². The summed E-state index contributed by atoms with van der Waals surface area (Å²) < 4.78 is 29.2. The Labute approximate surface area is 124 Å². The van der Waals surface area contributed by atoms with Crippen LogP contribution in [0.25, 0.3) is 0 Å². The molecule has 1 aromatic carbocycles. The second-order valence-electron chi connectivity index (χ2n) is 4.85. The lowest BCUT2D eigenvalue weighted by atomic mass is 10.1. The van der Waals surface area contributed by atoms with Gasteiger partial charge in [-0.25, -0.2) is 13.2 Å². The highest BCUT2D eigenvalue weighted by molar-refractivity contribution is 7.91. The number of methoxy groups -OCH3 is 1. The minimum absolute atomic E-state index is 0.0510.